The first kappa shape index (κ1) is 11.4. The molecule has 5 nitrogen and oxygen atoms in total. The van der Waals surface area contributed by atoms with Gasteiger partial charge in [-0.1, -0.05) is 20.8 Å². The number of carbonyl (C=O) groups is 1. The van der Waals surface area contributed by atoms with Crippen molar-refractivity contribution >= 4 is 5.97 Å². The van der Waals surface area contributed by atoms with Crippen LogP contribution < -0.4 is 4.74 Å². The highest BCUT2D eigenvalue weighted by atomic mass is 16.5. The molecule has 1 rings (SSSR count). The SMILES string of the molecule is CC(C)(C)c1nccnc1OCC(=O)O. The zero-order valence-corrected chi connectivity index (χ0v) is 9.02. The van der Waals surface area contributed by atoms with Gasteiger partial charge in [0.15, 0.2) is 6.61 Å². The van der Waals surface area contributed by atoms with Crippen molar-refractivity contribution in [1.29, 1.82) is 0 Å². The third kappa shape index (κ3) is 3.19. The zero-order valence-electron chi connectivity index (χ0n) is 9.02. The van der Waals surface area contributed by atoms with Crippen molar-refractivity contribution in [1.82, 2.24) is 9.97 Å². The van der Waals surface area contributed by atoms with Gasteiger partial charge in [0.25, 0.3) is 0 Å². The summed E-state index contributed by atoms with van der Waals surface area (Å²) in [7, 11) is 0. The lowest BCUT2D eigenvalue weighted by Crippen LogP contribution is -2.18. The molecule has 0 atom stereocenters. The summed E-state index contributed by atoms with van der Waals surface area (Å²) in [6.45, 7) is 5.49. The first-order valence-electron chi connectivity index (χ1n) is 4.57. The molecular formula is C10H14N2O3. The van der Waals surface area contributed by atoms with Crippen LogP contribution in [0.25, 0.3) is 0 Å². The summed E-state index contributed by atoms with van der Waals surface area (Å²) in [4.78, 5) is 18.5. The topological polar surface area (TPSA) is 72.3 Å². The first-order valence-corrected chi connectivity index (χ1v) is 4.57. The summed E-state index contributed by atoms with van der Waals surface area (Å²) in [5.41, 5.74) is 0.438. The Morgan fingerprint density at radius 1 is 1.40 bits per heavy atom. The third-order valence-electron chi connectivity index (χ3n) is 1.71. The van der Waals surface area contributed by atoms with E-state index in [2.05, 4.69) is 9.97 Å². The maximum Gasteiger partial charge on any atom is 0.341 e. The second-order valence-electron chi connectivity index (χ2n) is 4.14. The van der Waals surface area contributed by atoms with E-state index in [0.29, 0.717) is 5.69 Å². The minimum absolute atomic E-state index is 0.220. The van der Waals surface area contributed by atoms with Gasteiger partial charge in [-0.25, -0.2) is 9.78 Å². The van der Waals surface area contributed by atoms with E-state index in [1.54, 1.807) is 6.20 Å². The molecule has 82 valence electrons. The lowest BCUT2D eigenvalue weighted by atomic mass is 9.92. The highest BCUT2D eigenvalue weighted by Crippen LogP contribution is 2.26. The highest BCUT2D eigenvalue weighted by molar-refractivity contribution is 5.68. The molecule has 1 heterocycles. The molecule has 0 saturated carbocycles. The van der Waals surface area contributed by atoms with Gasteiger partial charge in [0.1, 0.15) is 5.69 Å². The molecule has 0 saturated heterocycles. The smallest absolute Gasteiger partial charge is 0.341 e. The number of aliphatic carboxylic acids is 1. The van der Waals surface area contributed by atoms with Crippen LogP contribution in [0.15, 0.2) is 12.4 Å². The zero-order chi connectivity index (χ0) is 11.5. The van der Waals surface area contributed by atoms with Gasteiger partial charge in [0, 0.05) is 17.8 Å². The van der Waals surface area contributed by atoms with Crippen molar-refractivity contribution in [2.75, 3.05) is 6.61 Å². The van der Waals surface area contributed by atoms with Gasteiger partial charge in [-0.3, -0.25) is 4.98 Å². The molecule has 0 unspecified atom stereocenters. The van der Waals surface area contributed by atoms with E-state index in [-0.39, 0.29) is 11.3 Å². The minimum atomic E-state index is -1.03. The van der Waals surface area contributed by atoms with Crippen LogP contribution in [0.4, 0.5) is 0 Å². The van der Waals surface area contributed by atoms with Crippen molar-refractivity contribution in [3.05, 3.63) is 18.1 Å². The quantitative estimate of drug-likeness (QED) is 0.812. The molecule has 0 bridgehead atoms. The number of aromatic nitrogens is 2. The standard InChI is InChI=1S/C10H14N2O3/c1-10(2,3)8-9(12-5-4-11-8)15-6-7(13)14/h4-5H,6H2,1-3H3,(H,13,14). The number of ether oxygens (including phenoxy) is 1. The van der Waals surface area contributed by atoms with E-state index in [0.717, 1.165) is 0 Å². The lowest BCUT2D eigenvalue weighted by molar-refractivity contribution is -0.139. The van der Waals surface area contributed by atoms with Gasteiger partial charge in [-0.2, -0.15) is 0 Å². The van der Waals surface area contributed by atoms with Crippen molar-refractivity contribution in [2.24, 2.45) is 0 Å². The fourth-order valence-electron chi connectivity index (χ4n) is 1.08. The Morgan fingerprint density at radius 3 is 2.53 bits per heavy atom. The molecule has 5 heteroatoms. The van der Waals surface area contributed by atoms with E-state index < -0.39 is 12.6 Å². The second kappa shape index (κ2) is 4.25. The van der Waals surface area contributed by atoms with Crippen molar-refractivity contribution in [3.8, 4) is 5.88 Å². The van der Waals surface area contributed by atoms with Crippen molar-refractivity contribution in [2.45, 2.75) is 26.2 Å². The summed E-state index contributed by atoms with van der Waals surface area (Å²) in [6, 6.07) is 0. The molecule has 1 aromatic rings. The molecule has 0 aromatic carbocycles. The fourth-order valence-corrected chi connectivity index (χ4v) is 1.08. The maximum absolute atomic E-state index is 10.4. The van der Waals surface area contributed by atoms with Crippen LogP contribution in [0.1, 0.15) is 26.5 Å². The predicted molar refractivity (Wildman–Crippen MR) is 53.9 cm³/mol. The Balaban J connectivity index is 2.92. The molecule has 0 radical (unpaired) electrons. The molecule has 0 aliphatic carbocycles. The molecule has 0 fully saturated rings. The van der Waals surface area contributed by atoms with Crippen LogP contribution in [0.2, 0.25) is 0 Å². The van der Waals surface area contributed by atoms with E-state index in [9.17, 15) is 4.79 Å². The van der Waals surface area contributed by atoms with Crippen molar-refractivity contribution in [3.63, 3.8) is 0 Å². The Hall–Kier alpha value is -1.65. The Labute approximate surface area is 88.1 Å². The Kier molecular flexibility index (Phi) is 3.24. The number of carboxylic acid groups (broad SMARTS) is 1. The summed E-state index contributed by atoms with van der Waals surface area (Å²) in [6.07, 6.45) is 3.04. The van der Waals surface area contributed by atoms with Gasteiger partial charge in [-0.05, 0) is 0 Å². The Morgan fingerprint density at radius 2 is 2.00 bits per heavy atom. The normalized spacial score (nSPS) is 11.1. The summed E-state index contributed by atoms with van der Waals surface area (Å²) >= 11 is 0. The number of rotatable bonds is 3. The molecule has 0 aliphatic heterocycles. The molecular weight excluding hydrogens is 196 g/mol. The van der Waals surface area contributed by atoms with Gasteiger partial charge >= 0.3 is 5.97 Å². The predicted octanol–water partition coefficient (Wildman–Crippen LogP) is 1.24. The first-order chi connectivity index (χ1) is 6.91. The molecule has 0 aliphatic rings. The summed E-state index contributed by atoms with van der Waals surface area (Å²) in [5, 5.41) is 8.50. The number of nitrogens with zero attached hydrogens (tertiary/aromatic N) is 2. The van der Waals surface area contributed by atoms with Gasteiger partial charge in [0.2, 0.25) is 5.88 Å². The van der Waals surface area contributed by atoms with Gasteiger partial charge in [-0.15, -0.1) is 0 Å². The van der Waals surface area contributed by atoms with E-state index in [4.69, 9.17) is 9.84 Å². The summed E-state index contributed by atoms with van der Waals surface area (Å²) < 4.78 is 5.05. The average molecular weight is 210 g/mol. The second-order valence-corrected chi connectivity index (χ2v) is 4.14. The van der Waals surface area contributed by atoms with E-state index in [1.807, 2.05) is 20.8 Å². The largest absolute Gasteiger partial charge is 0.479 e. The van der Waals surface area contributed by atoms with Gasteiger partial charge < -0.3 is 9.84 Å². The third-order valence-corrected chi connectivity index (χ3v) is 1.71. The van der Waals surface area contributed by atoms with Crippen LogP contribution >= 0.6 is 0 Å². The monoisotopic (exact) mass is 210 g/mol. The highest BCUT2D eigenvalue weighted by Gasteiger charge is 2.21. The molecule has 1 N–H and O–H groups in total. The van der Waals surface area contributed by atoms with Crippen LogP contribution in [0, 0.1) is 0 Å². The molecule has 0 amide bonds. The number of hydrogen-bond acceptors (Lipinski definition) is 4. The number of carboxylic acids is 1. The summed E-state index contributed by atoms with van der Waals surface area (Å²) in [5.74, 6) is -0.743. The molecule has 15 heavy (non-hydrogen) atoms. The van der Waals surface area contributed by atoms with Crippen LogP contribution in [-0.4, -0.2) is 27.7 Å². The molecule has 0 spiro atoms. The molecule has 1 aromatic heterocycles. The Bertz CT molecular complexity index is 358. The number of hydrogen-bond donors (Lipinski definition) is 1. The minimum Gasteiger partial charge on any atom is -0.479 e. The van der Waals surface area contributed by atoms with Crippen LogP contribution in [-0.2, 0) is 10.2 Å². The van der Waals surface area contributed by atoms with Crippen LogP contribution in [0.3, 0.4) is 0 Å². The van der Waals surface area contributed by atoms with Gasteiger partial charge in [0.05, 0.1) is 0 Å². The van der Waals surface area contributed by atoms with Crippen molar-refractivity contribution < 1.29 is 14.6 Å². The fraction of sp³-hybridized carbons (Fsp3) is 0.500. The van der Waals surface area contributed by atoms with Crippen LogP contribution in [0.5, 0.6) is 5.88 Å². The van der Waals surface area contributed by atoms with E-state index in [1.165, 1.54) is 6.20 Å². The average Bonchev–Trinajstić information content (AvgIpc) is 2.13. The maximum atomic E-state index is 10.4. The van der Waals surface area contributed by atoms with E-state index >= 15 is 0 Å². The lowest BCUT2D eigenvalue weighted by Gasteiger charge is -2.19.